The second kappa shape index (κ2) is 5.53. The Kier molecular flexibility index (Phi) is 3.39. The van der Waals surface area contributed by atoms with Gasteiger partial charge in [-0.3, -0.25) is 4.99 Å². The van der Waals surface area contributed by atoms with Crippen LogP contribution in [0.15, 0.2) is 49.7 Å². The smallest absolute Gasteiger partial charge is 0.0765 e. The Morgan fingerprint density at radius 3 is 3.05 bits per heavy atom. The van der Waals surface area contributed by atoms with Gasteiger partial charge >= 0.3 is 0 Å². The highest BCUT2D eigenvalue weighted by Gasteiger charge is 2.24. The molecule has 4 heteroatoms. The summed E-state index contributed by atoms with van der Waals surface area (Å²) in [5.41, 5.74) is 6.20. The largest absolute Gasteiger partial charge is 0.297 e. The molecule has 0 spiro atoms. The van der Waals surface area contributed by atoms with Crippen LogP contribution in [0.1, 0.15) is 31.2 Å². The van der Waals surface area contributed by atoms with Gasteiger partial charge in [0, 0.05) is 24.8 Å². The molecule has 0 saturated carbocycles. The van der Waals surface area contributed by atoms with Crippen molar-refractivity contribution in [3.05, 3.63) is 40.1 Å². The minimum absolute atomic E-state index is 0.637. The number of allylic oxidation sites excluding steroid dienone is 4. The summed E-state index contributed by atoms with van der Waals surface area (Å²) in [5.74, 6) is 0.637. The van der Waals surface area contributed by atoms with Crippen molar-refractivity contribution in [2.75, 3.05) is 6.54 Å². The quantitative estimate of drug-likeness (QED) is 0.800. The van der Waals surface area contributed by atoms with Gasteiger partial charge in [-0.15, -0.1) is 0 Å². The van der Waals surface area contributed by atoms with Crippen molar-refractivity contribution >= 4 is 34.5 Å². The summed E-state index contributed by atoms with van der Waals surface area (Å²) in [6.07, 6.45) is 10.8. The summed E-state index contributed by atoms with van der Waals surface area (Å²) in [6.45, 7) is 0.994. The fourth-order valence-electron chi connectivity index (χ4n) is 3.05. The Morgan fingerprint density at radius 1 is 1.24 bits per heavy atom. The first kappa shape index (κ1) is 12.9. The van der Waals surface area contributed by atoms with Crippen molar-refractivity contribution < 1.29 is 0 Å². The topological polar surface area (TPSA) is 37.1 Å². The molecule has 3 nitrogen and oxygen atoms in total. The second-order valence-electron chi connectivity index (χ2n) is 5.70. The van der Waals surface area contributed by atoms with Crippen LogP contribution in [-0.2, 0) is 0 Å². The maximum absolute atomic E-state index is 4.42. The molecule has 4 rings (SSSR count). The lowest BCUT2D eigenvalue weighted by Gasteiger charge is -2.13. The number of fused-ring (bicyclic) bond motifs is 1. The molecular formula is C17H17N3S. The number of rotatable bonds is 4. The van der Waals surface area contributed by atoms with Crippen LogP contribution < -0.4 is 0 Å². The summed E-state index contributed by atoms with van der Waals surface area (Å²) < 4.78 is 0. The molecule has 1 aromatic heterocycles. The van der Waals surface area contributed by atoms with Crippen molar-refractivity contribution in [2.45, 2.75) is 25.7 Å². The van der Waals surface area contributed by atoms with Gasteiger partial charge in [0.05, 0.1) is 11.4 Å². The average Bonchev–Trinajstić information content (AvgIpc) is 3.25. The standard InChI is InChI=1S/C17H17N3S/c1(12-5-7-18-10-12)4-16-15-3-2-13(9-17(15)20-19-16)14-6-8-21-11-14/h2-3,6,8,10-12H,1,4-5,7,9H2. The molecule has 3 heterocycles. The van der Waals surface area contributed by atoms with Gasteiger partial charge < -0.3 is 0 Å². The maximum Gasteiger partial charge on any atom is 0.0765 e. The first-order valence-electron chi connectivity index (χ1n) is 7.47. The van der Waals surface area contributed by atoms with E-state index in [2.05, 4.69) is 50.4 Å². The molecule has 0 bridgehead atoms. The Balaban J connectivity index is 1.47. The molecule has 21 heavy (non-hydrogen) atoms. The van der Waals surface area contributed by atoms with Crippen LogP contribution in [0.25, 0.3) is 5.57 Å². The Hall–Kier alpha value is -1.81. The normalized spacial score (nSPS) is 23.5. The second-order valence-corrected chi connectivity index (χ2v) is 6.48. The Labute approximate surface area is 128 Å². The van der Waals surface area contributed by atoms with E-state index in [0.29, 0.717) is 5.92 Å². The molecule has 1 atom stereocenters. The molecule has 0 N–H and O–H groups in total. The molecule has 2 aliphatic heterocycles. The number of aliphatic imine (C=N–C) groups is 1. The van der Waals surface area contributed by atoms with Gasteiger partial charge in [0.25, 0.3) is 0 Å². The van der Waals surface area contributed by atoms with Crippen LogP contribution in [0.3, 0.4) is 0 Å². The van der Waals surface area contributed by atoms with E-state index < -0.39 is 0 Å². The lowest BCUT2D eigenvalue weighted by Crippen LogP contribution is -2.13. The van der Waals surface area contributed by atoms with Gasteiger partial charge in [-0.1, -0.05) is 12.2 Å². The van der Waals surface area contributed by atoms with Crippen LogP contribution in [0.4, 0.5) is 0 Å². The van der Waals surface area contributed by atoms with Gasteiger partial charge in [-0.25, -0.2) is 0 Å². The van der Waals surface area contributed by atoms with Gasteiger partial charge in [-0.2, -0.15) is 21.5 Å². The van der Waals surface area contributed by atoms with Crippen LogP contribution in [0, 0.1) is 5.92 Å². The minimum Gasteiger partial charge on any atom is -0.297 e. The Bertz CT molecular complexity index is 690. The molecule has 106 valence electrons. The number of nitrogens with zero attached hydrogens (tertiary/aromatic N) is 3. The lowest BCUT2D eigenvalue weighted by atomic mass is 9.89. The van der Waals surface area contributed by atoms with E-state index in [0.717, 1.165) is 37.2 Å². The molecule has 0 radical (unpaired) electrons. The van der Waals surface area contributed by atoms with Crippen molar-refractivity contribution in [1.29, 1.82) is 0 Å². The van der Waals surface area contributed by atoms with E-state index in [-0.39, 0.29) is 0 Å². The highest BCUT2D eigenvalue weighted by Crippen LogP contribution is 2.31. The minimum atomic E-state index is 0.637. The predicted molar refractivity (Wildman–Crippen MR) is 90.6 cm³/mol. The Morgan fingerprint density at radius 2 is 2.24 bits per heavy atom. The molecule has 3 aliphatic rings. The number of hydrogen-bond acceptors (Lipinski definition) is 4. The van der Waals surface area contributed by atoms with Crippen molar-refractivity contribution in [1.82, 2.24) is 0 Å². The zero-order valence-corrected chi connectivity index (χ0v) is 12.6. The monoisotopic (exact) mass is 295 g/mol. The third-order valence-corrected chi connectivity index (χ3v) is 4.99. The van der Waals surface area contributed by atoms with Crippen molar-refractivity contribution in [3.8, 4) is 0 Å². The van der Waals surface area contributed by atoms with E-state index in [9.17, 15) is 0 Å². The molecule has 1 unspecified atom stereocenters. The third kappa shape index (κ3) is 2.56. The van der Waals surface area contributed by atoms with E-state index >= 15 is 0 Å². The van der Waals surface area contributed by atoms with Crippen LogP contribution in [-0.4, -0.2) is 24.2 Å². The number of thiophene rings is 1. The summed E-state index contributed by atoms with van der Waals surface area (Å²) in [4.78, 5) is 4.31. The molecule has 1 aromatic rings. The third-order valence-electron chi connectivity index (χ3n) is 4.31. The first-order valence-corrected chi connectivity index (χ1v) is 8.42. The number of hydrogen-bond donors (Lipinski definition) is 0. The molecule has 1 aliphatic carbocycles. The molecule has 0 fully saturated rings. The maximum atomic E-state index is 4.42. The summed E-state index contributed by atoms with van der Waals surface area (Å²) in [7, 11) is 0. The fraction of sp³-hybridized carbons (Fsp3) is 0.353. The van der Waals surface area contributed by atoms with Crippen LogP contribution >= 0.6 is 11.3 Å². The van der Waals surface area contributed by atoms with Gasteiger partial charge in [0.15, 0.2) is 0 Å². The first-order chi connectivity index (χ1) is 10.4. The van der Waals surface area contributed by atoms with Gasteiger partial charge in [0.2, 0.25) is 0 Å². The average molecular weight is 295 g/mol. The molecule has 0 amide bonds. The highest BCUT2D eigenvalue weighted by molar-refractivity contribution is 7.08. The molecular weight excluding hydrogens is 278 g/mol. The van der Waals surface area contributed by atoms with Gasteiger partial charge in [0.1, 0.15) is 0 Å². The zero-order valence-electron chi connectivity index (χ0n) is 11.8. The summed E-state index contributed by atoms with van der Waals surface area (Å²) in [5, 5.41) is 13.1. The highest BCUT2D eigenvalue weighted by atomic mass is 32.1. The summed E-state index contributed by atoms with van der Waals surface area (Å²) >= 11 is 1.74. The molecule has 0 aromatic carbocycles. The van der Waals surface area contributed by atoms with Crippen molar-refractivity contribution in [3.63, 3.8) is 0 Å². The van der Waals surface area contributed by atoms with E-state index in [1.807, 2.05) is 0 Å². The van der Waals surface area contributed by atoms with Crippen LogP contribution in [0.2, 0.25) is 0 Å². The summed E-state index contributed by atoms with van der Waals surface area (Å²) in [6, 6.07) is 2.17. The van der Waals surface area contributed by atoms with E-state index in [4.69, 9.17) is 0 Å². The lowest BCUT2D eigenvalue weighted by molar-refractivity contribution is 0.642. The molecule has 0 saturated heterocycles. The van der Waals surface area contributed by atoms with Crippen molar-refractivity contribution in [2.24, 2.45) is 21.1 Å². The zero-order chi connectivity index (χ0) is 14.1. The van der Waals surface area contributed by atoms with E-state index in [1.54, 1.807) is 11.3 Å². The van der Waals surface area contributed by atoms with Gasteiger partial charge in [-0.05, 0) is 53.1 Å². The van der Waals surface area contributed by atoms with E-state index in [1.165, 1.54) is 23.1 Å². The fourth-order valence-corrected chi connectivity index (χ4v) is 3.73. The predicted octanol–water partition coefficient (Wildman–Crippen LogP) is 4.14. The SMILES string of the molecule is C1=NCCC1CCC1=NN=C2CC(c3ccsc3)=CC=C12. The van der Waals surface area contributed by atoms with Crippen LogP contribution in [0.5, 0.6) is 0 Å².